The summed E-state index contributed by atoms with van der Waals surface area (Å²) in [5.74, 6) is 0. The Morgan fingerprint density at radius 2 is 1.59 bits per heavy atom. The standard InChI is InChI=1S/C13H9N3S/c17-13-10-6-2-1-5-9(10)12(15-16-13)11-7-3-4-8-14-11/h1-8H,(H,16,17). The molecule has 0 spiro atoms. The molecule has 0 aliphatic heterocycles. The summed E-state index contributed by atoms with van der Waals surface area (Å²) in [6.07, 6.45) is 1.75. The van der Waals surface area contributed by atoms with Crippen LogP contribution in [0.4, 0.5) is 0 Å². The van der Waals surface area contributed by atoms with Gasteiger partial charge in [0.1, 0.15) is 10.7 Å². The van der Waals surface area contributed by atoms with E-state index in [1.54, 1.807) is 6.20 Å². The van der Waals surface area contributed by atoms with Crippen molar-refractivity contribution in [1.29, 1.82) is 0 Å². The van der Waals surface area contributed by atoms with Crippen LogP contribution in [0.3, 0.4) is 0 Å². The van der Waals surface area contributed by atoms with Gasteiger partial charge in [-0.1, -0.05) is 30.3 Å². The summed E-state index contributed by atoms with van der Waals surface area (Å²) in [6.45, 7) is 0. The lowest BCUT2D eigenvalue weighted by Crippen LogP contribution is -1.93. The Hall–Kier alpha value is -1.94. The second-order valence-corrected chi connectivity index (χ2v) is 4.06. The van der Waals surface area contributed by atoms with E-state index in [0.29, 0.717) is 5.03 Å². The third-order valence-electron chi connectivity index (χ3n) is 2.58. The van der Waals surface area contributed by atoms with Gasteiger partial charge in [0.15, 0.2) is 0 Å². The van der Waals surface area contributed by atoms with Gasteiger partial charge < -0.3 is 0 Å². The number of thiol groups is 1. The summed E-state index contributed by atoms with van der Waals surface area (Å²) in [7, 11) is 0. The molecule has 0 N–H and O–H groups in total. The van der Waals surface area contributed by atoms with Gasteiger partial charge in [0.2, 0.25) is 0 Å². The predicted octanol–water partition coefficient (Wildman–Crippen LogP) is 2.98. The molecule has 0 aliphatic carbocycles. The zero-order valence-electron chi connectivity index (χ0n) is 8.91. The van der Waals surface area contributed by atoms with Crippen LogP contribution in [0.25, 0.3) is 22.2 Å². The molecule has 1 aromatic carbocycles. The molecule has 0 fully saturated rings. The highest BCUT2D eigenvalue weighted by atomic mass is 32.1. The van der Waals surface area contributed by atoms with E-state index in [9.17, 15) is 0 Å². The third kappa shape index (κ3) is 1.76. The fourth-order valence-electron chi connectivity index (χ4n) is 1.78. The SMILES string of the molecule is Sc1nnc(-c2ccccn2)c2ccccc12. The van der Waals surface area contributed by atoms with E-state index in [1.165, 1.54) is 0 Å². The van der Waals surface area contributed by atoms with Crippen molar-refractivity contribution in [2.45, 2.75) is 5.03 Å². The molecule has 0 unspecified atom stereocenters. The highest BCUT2D eigenvalue weighted by Crippen LogP contribution is 2.27. The van der Waals surface area contributed by atoms with Crippen molar-refractivity contribution in [3.63, 3.8) is 0 Å². The first-order valence-corrected chi connectivity index (χ1v) is 5.67. The molecule has 4 heteroatoms. The Morgan fingerprint density at radius 1 is 0.824 bits per heavy atom. The number of nitrogens with zero attached hydrogens (tertiary/aromatic N) is 3. The molecule has 3 nitrogen and oxygen atoms in total. The van der Waals surface area contributed by atoms with E-state index in [1.807, 2.05) is 42.5 Å². The molecule has 0 aliphatic rings. The Kier molecular flexibility index (Phi) is 2.49. The number of hydrogen-bond donors (Lipinski definition) is 1. The summed E-state index contributed by atoms with van der Waals surface area (Å²) in [5, 5.41) is 10.9. The highest BCUT2D eigenvalue weighted by Gasteiger charge is 2.08. The Bertz CT molecular complexity index is 668. The van der Waals surface area contributed by atoms with Crippen molar-refractivity contribution in [2.75, 3.05) is 0 Å². The van der Waals surface area contributed by atoms with Gasteiger partial charge in [0, 0.05) is 17.0 Å². The molecular weight excluding hydrogens is 230 g/mol. The van der Waals surface area contributed by atoms with Gasteiger partial charge in [-0.3, -0.25) is 4.98 Å². The molecular formula is C13H9N3S. The summed E-state index contributed by atoms with van der Waals surface area (Å²) in [5.41, 5.74) is 1.61. The van der Waals surface area contributed by atoms with E-state index < -0.39 is 0 Å². The number of fused-ring (bicyclic) bond motifs is 1. The molecule has 0 amide bonds. The summed E-state index contributed by atoms with van der Waals surface area (Å²) in [4.78, 5) is 4.30. The number of rotatable bonds is 1. The molecule has 2 aromatic heterocycles. The summed E-state index contributed by atoms with van der Waals surface area (Å²) < 4.78 is 0. The normalized spacial score (nSPS) is 10.6. The van der Waals surface area contributed by atoms with Gasteiger partial charge >= 0.3 is 0 Å². The second kappa shape index (κ2) is 4.14. The first kappa shape index (κ1) is 10.2. The van der Waals surface area contributed by atoms with Crippen LogP contribution < -0.4 is 0 Å². The lowest BCUT2D eigenvalue weighted by Gasteiger charge is -2.05. The summed E-state index contributed by atoms with van der Waals surface area (Å²) in [6, 6.07) is 13.7. The van der Waals surface area contributed by atoms with Crippen LogP contribution in [0.2, 0.25) is 0 Å². The molecule has 0 saturated heterocycles. The van der Waals surface area contributed by atoms with Crippen LogP contribution in [-0.4, -0.2) is 15.2 Å². The quantitative estimate of drug-likeness (QED) is 0.663. The highest BCUT2D eigenvalue weighted by molar-refractivity contribution is 7.80. The zero-order chi connectivity index (χ0) is 11.7. The number of pyridine rings is 1. The van der Waals surface area contributed by atoms with Crippen LogP contribution in [0.15, 0.2) is 53.7 Å². The zero-order valence-corrected chi connectivity index (χ0v) is 9.80. The first-order valence-electron chi connectivity index (χ1n) is 5.22. The van der Waals surface area contributed by atoms with Crippen LogP contribution in [0.5, 0.6) is 0 Å². The van der Waals surface area contributed by atoms with Crippen molar-refractivity contribution in [3.8, 4) is 11.4 Å². The predicted molar refractivity (Wildman–Crippen MR) is 70.0 cm³/mol. The molecule has 0 bridgehead atoms. The van der Waals surface area contributed by atoms with E-state index in [-0.39, 0.29) is 0 Å². The van der Waals surface area contributed by atoms with Gasteiger partial charge in [-0.2, -0.15) is 0 Å². The smallest absolute Gasteiger partial charge is 0.124 e. The average molecular weight is 239 g/mol. The monoisotopic (exact) mass is 239 g/mol. The molecule has 0 radical (unpaired) electrons. The molecule has 3 rings (SSSR count). The van der Waals surface area contributed by atoms with Crippen LogP contribution in [-0.2, 0) is 0 Å². The Morgan fingerprint density at radius 3 is 2.35 bits per heavy atom. The van der Waals surface area contributed by atoms with Gasteiger partial charge in [-0.25, -0.2) is 0 Å². The maximum atomic E-state index is 4.32. The Labute approximate surface area is 104 Å². The van der Waals surface area contributed by atoms with E-state index in [4.69, 9.17) is 0 Å². The fraction of sp³-hybridized carbons (Fsp3) is 0. The van der Waals surface area contributed by atoms with Crippen molar-refractivity contribution in [1.82, 2.24) is 15.2 Å². The minimum absolute atomic E-state index is 0.639. The minimum atomic E-state index is 0.639. The molecule has 0 saturated carbocycles. The first-order chi connectivity index (χ1) is 8.36. The number of benzene rings is 1. The van der Waals surface area contributed by atoms with Gasteiger partial charge in [0.25, 0.3) is 0 Å². The lowest BCUT2D eigenvalue weighted by molar-refractivity contribution is 0.961. The second-order valence-electron chi connectivity index (χ2n) is 3.63. The Balaban J connectivity index is 2.35. The van der Waals surface area contributed by atoms with Gasteiger partial charge in [0.05, 0.1) is 5.69 Å². The van der Waals surface area contributed by atoms with E-state index >= 15 is 0 Å². The number of hydrogen-bond acceptors (Lipinski definition) is 4. The summed E-state index contributed by atoms with van der Waals surface area (Å²) >= 11 is 4.32. The third-order valence-corrected chi connectivity index (χ3v) is 2.91. The molecule has 3 aromatic rings. The molecule has 2 heterocycles. The topological polar surface area (TPSA) is 38.7 Å². The maximum Gasteiger partial charge on any atom is 0.124 e. The average Bonchev–Trinajstić information content (AvgIpc) is 2.41. The molecule has 82 valence electrons. The maximum absolute atomic E-state index is 4.32. The molecule has 17 heavy (non-hydrogen) atoms. The van der Waals surface area contributed by atoms with Crippen LogP contribution in [0.1, 0.15) is 0 Å². The lowest BCUT2D eigenvalue weighted by atomic mass is 10.1. The van der Waals surface area contributed by atoms with Crippen molar-refractivity contribution < 1.29 is 0 Å². The van der Waals surface area contributed by atoms with Crippen LogP contribution in [0, 0.1) is 0 Å². The van der Waals surface area contributed by atoms with E-state index in [0.717, 1.165) is 22.2 Å². The van der Waals surface area contributed by atoms with Crippen molar-refractivity contribution in [2.24, 2.45) is 0 Å². The molecule has 0 atom stereocenters. The van der Waals surface area contributed by atoms with Gasteiger partial charge in [-0.15, -0.1) is 22.8 Å². The number of aromatic nitrogens is 3. The van der Waals surface area contributed by atoms with Crippen molar-refractivity contribution in [3.05, 3.63) is 48.7 Å². The van der Waals surface area contributed by atoms with E-state index in [2.05, 4.69) is 27.8 Å². The minimum Gasteiger partial charge on any atom is -0.255 e. The van der Waals surface area contributed by atoms with Crippen molar-refractivity contribution >= 4 is 23.4 Å². The largest absolute Gasteiger partial charge is 0.255 e. The van der Waals surface area contributed by atoms with Gasteiger partial charge in [-0.05, 0) is 12.1 Å². The van der Waals surface area contributed by atoms with Crippen LogP contribution >= 0.6 is 12.6 Å². The fourth-order valence-corrected chi connectivity index (χ4v) is 2.02.